The predicted octanol–water partition coefficient (Wildman–Crippen LogP) is 3.35. The van der Waals surface area contributed by atoms with Crippen molar-refractivity contribution in [1.82, 2.24) is 5.32 Å². The molecule has 1 atom stereocenters. The first-order chi connectivity index (χ1) is 9.79. The highest BCUT2D eigenvalue weighted by molar-refractivity contribution is 6.30. The number of hydrogen-bond donors (Lipinski definition) is 1. The van der Waals surface area contributed by atoms with Crippen LogP contribution in [0.1, 0.15) is 36.9 Å². The molecule has 1 saturated heterocycles. The molecule has 20 heavy (non-hydrogen) atoms. The second-order valence-corrected chi connectivity index (χ2v) is 6.00. The standard InChI is InChI=1S/C16H22ClNO2/c1-2-18-15(11-3-6-19-7-4-11)14-10-13(17)9-12-5-8-20-16(12)14/h9-11,15,18H,2-8H2,1H3. The van der Waals surface area contributed by atoms with Gasteiger partial charge < -0.3 is 14.8 Å². The smallest absolute Gasteiger partial charge is 0.127 e. The second kappa shape index (κ2) is 6.33. The van der Waals surface area contributed by atoms with Crippen molar-refractivity contribution in [3.63, 3.8) is 0 Å². The Hall–Kier alpha value is -0.770. The van der Waals surface area contributed by atoms with Crippen molar-refractivity contribution in [1.29, 1.82) is 0 Å². The zero-order chi connectivity index (χ0) is 13.9. The van der Waals surface area contributed by atoms with E-state index in [1.165, 1.54) is 11.1 Å². The number of fused-ring (bicyclic) bond motifs is 1. The van der Waals surface area contributed by atoms with E-state index in [2.05, 4.69) is 18.3 Å². The molecule has 2 aliphatic rings. The molecule has 3 nitrogen and oxygen atoms in total. The van der Waals surface area contributed by atoms with Crippen LogP contribution in [0.2, 0.25) is 5.02 Å². The Bertz CT molecular complexity index is 472. The fraction of sp³-hybridized carbons (Fsp3) is 0.625. The van der Waals surface area contributed by atoms with Crippen molar-refractivity contribution in [3.8, 4) is 5.75 Å². The third-order valence-corrected chi connectivity index (χ3v) is 4.49. The molecule has 0 radical (unpaired) electrons. The molecule has 1 N–H and O–H groups in total. The van der Waals surface area contributed by atoms with Crippen LogP contribution in [0, 0.1) is 5.92 Å². The zero-order valence-electron chi connectivity index (χ0n) is 12.0. The quantitative estimate of drug-likeness (QED) is 0.924. The number of ether oxygens (including phenoxy) is 2. The molecule has 1 fully saturated rings. The molecule has 0 bridgehead atoms. The van der Waals surface area contributed by atoms with Crippen molar-refractivity contribution >= 4 is 11.6 Å². The lowest BCUT2D eigenvalue weighted by Crippen LogP contribution is -2.32. The van der Waals surface area contributed by atoms with Gasteiger partial charge in [-0.1, -0.05) is 18.5 Å². The first-order valence-electron chi connectivity index (χ1n) is 7.56. The van der Waals surface area contributed by atoms with E-state index in [4.69, 9.17) is 21.1 Å². The molecule has 1 aromatic carbocycles. The Morgan fingerprint density at radius 1 is 1.30 bits per heavy atom. The molecule has 110 valence electrons. The summed E-state index contributed by atoms with van der Waals surface area (Å²) in [7, 11) is 0. The van der Waals surface area contributed by atoms with E-state index in [1.54, 1.807) is 0 Å². The van der Waals surface area contributed by atoms with E-state index in [9.17, 15) is 0 Å². The molecule has 2 aliphatic heterocycles. The Labute approximate surface area is 125 Å². The third kappa shape index (κ3) is 2.80. The van der Waals surface area contributed by atoms with Crippen molar-refractivity contribution in [2.75, 3.05) is 26.4 Å². The molecular formula is C16H22ClNO2. The fourth-order valence-corrected chi connectivity index (χ4v) is 3.58. The maximum Gasteiger partial charge on any atom is 0.127 e. The fourth-order valence-electron chi connectivity index (χ4n) is 3.33. The number of benzene rings is 1. The average Bonchev–Trinajstić information content (AvgIpc) is 2.93. The summed E-state index contributed by atoms with van der Waals surface area (Å²) >= 11 is 6.30. The lowest BCUT2D eigenvalue weighted by molar-refractivity contribution is 0.0535. The molecule has 0 amide bonds. The average molecular weight is 296 g/mol. The van der Waals surface area contributed by atoms with Gasteiger partial charge in [0.05, 0.1) is 6.61 Å². The molecular weight excluding hydrogens is 274 g/mol. The maximum absolute atomic E-state index is 6.30. The zero-order valence-corrected chi connectivity index (χ0v) is 12.7. The molecule has 4 heteroatoms. The van der Waals surface area contributed by atoms with Crippen molar-refractivity contribution < 1.29 is 9.47 Å². The highest BCUT2D eigenvalue weighted by Crippen LogP contribution is 2.40. The predicted molar refractivity (Wildman–Crippen MR) is 80.6 cm³/mol. The van der Waals surface area contributed by atoms with Crippen LogP contribution in [0.4, 0.5) is 0 Å². The van der Waals surface area contributed by atoms with Crippen LogP contribution in [0.25, 0.3) is 0 Å². The van der Waals surface area contributed by atoms with Gasteiger partial charge in [0.25, 0.3) is 0 Å². The van der Waals surface area contributed by atoms with E-state index in [-0.39, 0.29) is 0 Å². The van der Waals surface area contributed by atoms with Crippen LogP contribution in [0.15, 0.2) is 12.1 Å². The van der Waals surface area contributed by atoms with Gasteiger partial charge >= 0.3 is 0 Å². The number of nitrogens with one attached hydrogen (secondary N) is 1. The van der Waals surface area contributed by atoms with Gasteiger partial charge in [-0.25, -0.2) is 0 Å². The van der Waals surface area contributed by atoms with E-state index < -0.39 is 0 Å². The summed E-state index contributed by atoms with van der Waals surface area (Å²) in [4.78, 5) is 0. The van der Waals surface area contributed by atoms with Gasteiger partial charge in [-0.15, -0.1) is 0 Å². The summed E-state index contributed by atoms with van der Waals surface area (Å²) in [6, 6.07) is 4.43. The summed E-state index contributed by atoms with van der Waals surface area (Å²) in [5, 5.41) is 4.45. The summed E-state index contributed by atoms with van der Waals surface area (Å²) in [6.07, 6.45) is 3.16. The largest absolute Gasteiger partial charge is 0.493 e. The lowest BCUT2D eigenvalue weighted by atomic mass is 9.86. The summed E-state index contributed by atoms with van der Waals surface area (Å²) in [5.74, 6) is 1.65. The van der Waals surface area contributed by atoms with Gasteiger partial charge in [-0.05, 0) is 43.0 Å². The Balaban J connectivity index is 1.94. The minimum absolute atomic E-state index is 0.314. The first kappa shape index (κ1) is 14.2. The van der Waals surface area contributed by atoms with Gasteiger partial charge in [0.2, 0.25) is 0 Å². The topological polar surface area (TPSA) is 30.5 Å². The first-order valence-corrected chi connectivity index (χ1v) is 7.93. The Kier molecular flexibility index (Phi) is 4.49. The number of hydrogen-bond acceptors (Lipinski definition) is 3. The van der Waals surface area contributed by atoms with Gasteiger partial charge in [0.15, 0.2) is 0 Å². The molecule has 0 aliphatic carbocycles. The summed E-state index contributed by atoms with van der Waals surface area (Å²) in [5.41, 5.74) is 2.49. The van der Waals surface area contributed by atoms with Gasteiger partial charge in [-0.3, -0.25) is 0 Å². The van der Waals surface area contributed by atoms with E-state index >= 15 is 0 Å². The number of halogens is 1. The van der Waals surface area contributed by atoms with Gasteiger partial charge in [0.1, 0.15) is 5.75 Å². The third-order valence-electron chi connectivity index (χ3n) is 4.27. The van der Waals surface area contributed by atoms with Crippen LogP contribution in [0.5, 0.6) is 5.75 Å². The van der Waals surface area contributed by atoms with Crippen LogP contribution >= 0.6 is 11.6 Å². The second-order valence-electron chi connectivity index (χ2n) is 5.57. The van der Waals surface area contributed by atoms with Crippen LogP contribution in [0.3, 0.4) is 0 Å². The van der Waals surface area contributed by atoms with Gasteiger partial charge in [-0.2, -0.15) is 0 Å². The Morgan fingerprint density at radius 2 is 2.10 bits per heavy atom. The number of rotatable bonds is 4. The van der Waals surface area contributed by atoms with E-state index in [1.807, 2.05) is 6.07 Å². The summed E-state index contributed by atoms with van der Waals surface area (Å²) in [6.45, 7) is 5.59. The molecule has 0 saturated carbocycles. The maximum atomic E-state index is 6.30. The normalized spacial score (nSPS) is 20.5. The van der Waals surface area contributed by atoms with Crippen LogP contribution < -0.4 is 10.1 Å². The molecule has 2 heterocycles. The minimum Gasteiger partial charge on any atom is -0.493 e. The van der Waals surface area contributed by atoms with E-state index in [0.29, 0.717) is 12.0 Å². The molecule has 0 spiro atoms. The van der Waals surface area contributed by atoms with Crippen molar-refractivity contribution in [2.45, 2.75) is 32.2 Å². The molecule has 3 rings (SSSR count). The lowest BCUT2D eigenvalue weighted by Gasteiger charge is -2.32. The van der Waals surface area contributed by atoms with Crippen LogP contribution in [-0.2, 0) is 11.2 Å². The molecule has 1 unspecified atom stereocenters. The Morgan fingerprint density at radius 3 is 2.85 bits per heavy atom. The monoisotopic (exact) mass is 295 g/mol. The molecule has 0 aromatic heterocycles. The highest BCUT2D eigenvalue weighted by Gasteiger charge is 2.29. The summed E-state index contributed by atoms with van der Waals surface area (Å²) < 4.78 is 11.4. The highest BCUT2D eigenvalue weighted by atomic mass is 35.5. The van der Waals surface area contributed by atoms with Crippen molar-refractivity contribution in [3.05, 3.63) is 28.3 Å². The SMILES string of the molecule is CCNC(c1cc(Cl)cc2c1OCC2)C1CCOCC1. The van der Waals surface area contributed by atoms with E-state index in [0.717, 1.165) is 56.4 Å². The minimum atomic E-state index is 0.314. The van der Waals surface area contributed by atoms with Crippen molar-refractivity contribution in [2.24, 2.45) is 5.92 Å². The molecule has 1 aromatic rings. The van der Waals surface area contributed by atoms with Gasteiger partial charge in [0, 0.05) is 36.3 Å². The van der Waals surface area contributed by atoms with Crippen LogP contribution in [-0.4, -0.2) is 26.4 Å².